The van der Waals surface area contributed by atoms with E-state index < -0.39 is 6.36 Å². The lowest BCUT2D eigenvalue weighted by molar-refractivity contribution is -0.274. The van der Waals surface area contributed by atoms with Gasteiger partial charge in [0.2, 0.25) is 0 Å². The Labute approximate surface area is 133 Å². The maximum Gasteiger partial charge on any atom is 0.573 e. The minimum Gasteiger partial charge on any atom is -0.406 e. The third-order valence-electron chi connectivity index (χ3n) is 4.28. The van der Waals surface area contributed by atoms with Crippen molar-refractivity contribution >= 4 is 12.4 Å². The monoisotopic (exact) mass is 337 g/mol. The highest BCUT2D eigenvalue weighted by molar-refractivity contribution is 5.85. The van der Waals surface area contributed by atoms with E-state index in [1.807, 2.05) is 6.07 Å². The number of fused-ring (bicyclic) bond motifs is 1. The number of hydrogen-bond donors (Lipinski definition) is 1. The van der Waals surface area contributed by atoms with Gasteiger partial charge in [0.1, 0.15) is 5.75 Å². The van der Waals surface area contributed by atoms with Gasteiger partial charge in [0.05, 0.1) is 18.2 Å². The van der Waals surface area contributed by atoms with Crippen LogP contribution in [0.2, 0.25) is 0 Å². The fourth-order valence-electron chi connectivity index (χ4n) is 3.45. The van der Waals surface area contributed by atoms with Crippen molar-refractivity contribution in [1.29, 1.82) is 0 Å². The summed E-state index contributed by atoms with van der Waals surface area (Å²) < 4.78 is 47.0. The Morgan fingerprint density at radius 3 is 2.86 bits per heavy atom. The van der Waals surface area contributed by atoms with Crippen molar-refractivity contribution in [1.82, 2.24) is 5.32 Å². The van der Waals surface area contributed by atoms with Crippen LogP contribution in [0, 0.1) is 0 Å². The zero-order valence-electron chi connectivity index (χ0n) is 12.0. The highest BCUT2D eigenvalue weighted by Gasteiger charge is 2.45. The summed E-state index contributed by atoms with van der Waals surface area (Å²) in [6.45, 7) is 1.35. The van der Waals surface area contributed by atoms with Crippen molar-refractivity contribution in [3.8, 4) is 5.75 Å². The van der Waals surface area contributed by atoms with Crippen molar-refractivity contribution in [2.24, 2.45) is 0 Å². The largest absolute Gasteiger partial charge is 0.573 e. The molecule has 2 unspecified atom stereocenters. The van der Waals surface area contributed by atoms with E-state index in [9.17, 15) is 13.2 Å². The Kier molecular flexibility index (Phi) is 5.25. The van der Waals surface area contributed by atoms with Crippen LogP contribution in [0.1, 0.15) is 31.2 Å². The molecule has 124 valence electrons. The first-order valence-electron chi connectivity index (χ1n) is 7.22. The highest BCUT2D eigenvalue weighted by atomic mass is 35.5. The van der Waals surface area contributed by atoms with Crippen molar-refractivity contribution in [3.05, 3.63) is 29.8 Å². The van der Waals surface area contributed by atoms with E-state index in [4.69, 9.17) is 4.74 Å². The predicted octanol–water partition coefficient (Wildman–Crippen LogP) is 3.76. The highest BCUT2D eigenvalue weighted by Crippen LogP contribution is 2.41. The Balaban J connectivity index is 0.00000176. The molecular weight excluding hydrogens is 319 g/mol. The van der Waals surface area contributed by atoms with Gasteiger partial charge in [-0.1, -0.05) is 25.0 Å². The molecule has 3 rings (SSSR count). The molecule has 1 aromatic carbocycles. The van der Waals surface area contributed by atoms with E-state index in [1.165, 1.54) is 12.1 Å². The van der Waals surface area contributed by atoms with Gasteiger partial charge in [-0.15, -0.1) is 25.6 Å². The summed E-state index contributed by atoms with van der Waals surface area (Å²) >= 11 is 0. The average Bonchev–Trinajstić information content (AvgIpc) is 2.46. The van der Waals surface area contributed by atoms with Crippen LogP contribution < -0.4 is 10.1 Å². The van der Waals surface area contributed by atoms with Crippen molar-refractivity contribution in [2.75, 3.05) is 13.2 Å². The van der Waals surface area contributed by atoms with Crippen LogP contribution in [0.5, 0.6) is 5.75 Å². The van der Waals surface area contributed by atoms with Gasteiger partial charge < -0.3 is 14.8 Å². The third kappa shape index (κ3) is 3.50. The molecule has 0 bridgehead atoms. The van der Waals surface area contributed by atoms with Gasteiger partial charge in [0, 0.05) is 6.54 Å². The van der Waals surface area contributed by atoms with E-state index >= 15 is 0 Å². The van der Waals surface area contributed by atoms with E-state index in [2.05, 4.69) is 10.1 Å². The van der Waals surface area contributed by atoms with Gasteiger partial charge >= 0.3 is 6.36 Å². The number of alkyl halides is 3. The first kappa shape index (κ1) is 17.4. The molecule has 2 atom stereocenters. The molecule has 22 heavy (non-hydrogen) atoms. The maximum atomic E-state index is 12.4. The number of hydrogen-bond acceptors (Lipinski definition) is 3. The molecule has 0 amide bonds. The lowest BCUT2D eigenvalue weighted by Crippen LogP contribution is -2.59. The smallest absolute Gasteiger partial charge is 0.406 e. The Morgan fingerprint density at radius 1 is 1.27 bits per heavy atom. The number of morpholine rings is 1. The second-order valence-electron chi connectivity index (χ2n) is 5.58. The quantitative estimate of drug-likeness (QED) is 0.891. The second-order valence-corrected chi connectivity index (χ2v) is 5.58. The summed E-state index contributed by atoms with van der Waals surface area (Å²) in [5.74, 6) is -0.175. The first-order chi connectivity index (χ1) is 10.00. The Hall–Kier alpha value is -0.980. The van der Waals surface area contributed by atoms with E-state index in [0.29, 0.717) is 13.2 Å². The number of halogens is 4. The lowest BCUT2D eigenvalue weighted by Gasteiger charge is -2.48. The second kappa shape index (κ2) is 6.64. The molecule has 7 heteroatoms. The predicted molar refractivity (Wildman–Crippen MR) is 78.3 cm³/mol. The molecule has 1 saturated carbocycles. The molecule has 0 radical (unpaired) electrons. The molecule has 1 aliphatic carbocycles. The summed E-state index contributed by atoms with van der Waals surface area (Å²) in [6, 6.07) is 6.26. The van der Waals surface area contributed by atoms with Crippen molar-refractivity contribution < 1.29 is 22.6 Å². The fourth-order valence-corrected chi connectivity index (χ4v) is 3.45. The van der Waals surface area contributed by atoms with Gasteiger partial charge in [-0.25, -0.2) is 0 Å². The van der Waals surface area contributed by atoms with Crippen LogP contribution >= 0.6 is 12.4 Å². The summed E-state index contributed by atoms with van der Waals surface area (Å²) in [5.41, 5.74) is 0.426. The topological polar surface area (TPSA) is 30.5 Å². The number of nitrogens with one attached hydrogen (secondary N) is 1. The normalized spacial score (nSPS) is 28.4. The zero-order valence-corrected chi connectivity index (χ0v) is 12.8. The van der Waals surface area contributed by atoms with Crippen LogP contribution in [0.4, 0.5) is 13.2 Å². The number of benzene rings is 1. The molecule has 1 aliphatic heterocycles. The molecule has 1 aromatic rings. The van der Waals surface area contributed by atoms with Gasteiger partial charge in [-0.2, -0.15) is 0 Å². The summed E-state index contributed by atoms with van der Waals surface area (Å²) in [5, 5.41) is 3.48. The van der Waals surface area contributed by atoms with Gasteiger partial charge in [0.25, 0.3) is 0 Å². The van der Waals surface area contributed by atoms with Crippen LogP contribution in [0.25, 0.3) is 0 Å². The zero-order chi connectivity index (χ0) is 14.9. The average molecular weight is 338 g/mol. The molecule has 1 saturated heterocycles. The summed E-state index contributed by atoms with van der Waals surface area (Å²) in [7, 11) is 0. The van der Waals surface area contributed by atoms with Crippen LogP contribution in [-0.2, 0) is 10.3 Å². The van der Waals surface area contributed by atoms with Gasteiger partial charge in [-0.3, -0.25) is 0 Å². The van der Waals surface area contributed by atoms with E-state index in [-0.39, 0.29) is 29.8 Å². The van der Waals surface area contributed by atoms with Gasteiger partial charge in [-0.05, 0) is 30.5 Å². The minimum absolute atomic E-state index is 0. The molecule has 1 heterocycles. The SMILES string of the molecule is Cl.FC(F)(F)Oc1cccc(C23CCCCC2OCCN3)c1. The fraction of sp³-hybridized carbons (Fsp3) is 0.600. The molecule has 1 N–H and O–H groups in total. The van der Waals surface area contributed by atoms with Gasteiger partial charge in [0.15, 0.2) is 0 Å². The number of ether oxygens (including phenoxy) is 2. The third-order valence-corrected chi connectivity index (χ3v) is 4.28. The number of rotatable bonds is 2. The molecule has 0 spiro atoms. The molecule has 0 aromatic heterocycles. The van der Waals surface area contributed by atoms with E-state index in [0.717, 1.165) is 31.2 Å². The summed E-state index contributed by atoms with van der Waals surface area (Å²) in [4.78, 5) is 0. The van der Waals surface area contributed by atoms with Crippen LogP contribution in [0.3, 0.4) is 0 Å². The molecular formula is C15H19ClF3NO2. The van der Waals surface area contributed by atoms with Crippen molar-refractivity contribution in [2.45, 2.75) is 43.7 Å². The lowest BCUT2D eigenvalue weighted by atomic mass is 9.73. The standard InChI is InChI=1S/C15H18F3NO2.ClH/c16-15(17,18)21-12-5-3-4-11(10-12)14-7-2-1-6-13(14)20-9-8-19-14;/h3-5,10,13,19H,1-2,6-9H2;1H. The van der Waals surface area contributed by atoms with Crippen molar-refractivity contribution in [3.63, 3.8) is 0 Å². The molecule has 2 aliphatic rings. The first-order valence-corrected chi connectivity index (χ1v) is 7.22. The Bertz CT molecular complexity index is 498. The Morgan fingerprint density at radius 2 is 2.09 bits per heavy atom. The minimum atomic E-state index is -4.67. The maximum absolute atomic E-state index is 12.4. The van der Waals surface area contributed by atoms with Crippen LogP contribution in [0.15, 0.2) is 24.3 Å². The van der Waals surface area contributed by atoms with Crippen LogP contribution in [-0.4, -0.2) is 25.6 Å². The van der Waals surface area contributed by atoms with E-state index in [1.54, 1.807) is 6.07 Å². The molecule has 2 fully saturated rings. The summed E-state index contributed by atoms with van der Waals surface area (Å²) in [6.07, 6.45) is -0.728. The molecule has 3 nitrogen and oxygen atoms in total.